The van der Waals surface area contributed by atoms with Crippen LogP contribution in [0.3, 0.4) is 0 Å². The molecule has 2 heterocycles. The second-order valence-electron chi connectivity index (χ2n) is 4.57. The number of hydrogen-bond acceptors (Lipinski definition) is 3. The molecule has 15 heavy (non-hydrogen) atoms. The van der Waals surface area contributed by atoms with Crippen molar-refractivity contribution in [1.82, 2.24) is 14.5 Å². The normalized spacial score (nSPS) is 27.4. The molecule has 0 radical (unpaired) electrons. The average Bonchev–Trinajstić information content (AvgIpc) is 2.76. The second-order valence-corrected chi connectivity index (χ2v) is 4.57. The van der Waals surface area contributed by atoms with Crippen molar-refractivity contribution in [3.63, 3.8) is 0 Å². The summed E-state index contributed by atoms with van der Waals surface area (Å²) in [6.07, 6.45) is 5.08. The number of likely N-dealkylation sites (tertiary alicyclic amines) is 1. The van der Waals surface area contributed by atoms with Crippen molar-refractivity contribution < 1.29 is 0 Å². The first kappa shape index (κ1) is 10.6. The van der Waals surface area contributed by atoms with Gasteiger partial charge in [-0.05, 0) is 25.8 Å². The summed E-state index contributed by atoms with van der Waals surface area (Å²) >= 11 is 0. The molecule has 2 N–H and O–H groups in total. The van der Waals surface area contributed by atoms with Crippen LogP contribution in [0.1, 0.15) is 19.2 Å². The van der Waals surface area contributed by atoms with Crippen LogP contribution in [0.2, 0.25) is 0 Å². The van der Waals surface area contributed by atoms with Gasteiger partial charge in [0.05, 0.1) is 6.54 Å². The largest absolute Gasteiger partial charge is 0.337 e. The summed E-state index contributed by atoms with van der Waals surface area (Å²) in [6.45, 7) is 5.14. The molecule has 2 rings (SSSR count). The number of imidazole rings is 1. The van der Waals surface area contributed by atoms with E-state index in [9.17, 15) is 0 Å². The van der Waals surface area contributed by atoms with Crippen molar-refractivity contribution >= 4 is 0 Å². The molecule has 0 aliphatic carbocycles. The van der Waals surface area contributed by atoms with Gasteiger partial charge in [-0.2, -0.15) is 0 Å². The molecular weight excluding hydrogens is 188 g/mol. The van der Waals surface area contributed by atoms with Gasteiger partial charge in [-0.15, -0.1) is 0 Å². The van der Waals surface area contributed by atoms with Crippen LogP contribution in [0.4, 0.5) is 0 Å². The number of nitrogens with two attached hydrogens (primary N) is 1. The van der Waals surface area contributed by atoms with E-state index in [0.29, 0.717) is 12.0 Å². The van der Waals surface area contributed by atoms with Gasteiger partial charge >= 0.3 is 0 Å². The van der Waals surface area contributed by atoms with Gasteiger partial charge in [-0.3, -0.25) is 4.90 Å². The molecule has 2 atom stereocenters. The molecule has 4 heteroatoms. The van der Waals surface area contributed by atoms with Crippen molar-refractivity contribution in [1.29, 1.82) is 0 Å². The van der Waals surface area contributed by atoms with E-state index in [1.165, 1.54) is 6.42 Å². The maximum absolute atomic E-state index is 5.71. The van der Waals surface area contributed by atoms with Gasteiger partial charge < -0.3 is 10.3 Å². The molecule has 0 amide bonds. The molecule has 0 aromatic carbocycles. The average molecular weight is 208 g/mol. The van der Waals surface area contributed by atoms with E-state index < -0.39 is 0 Å². The minimum Gasteiger partial charge on any atom is -0.337 e. The Bertz CT molecular complexity index is 320. The van der Waals surface area contributed by atoms with Crippen molar-refractivity contribution in [3.8, 4) is 0 Å². The van der Waals surface area contributed by atoms with E-state index in [2.05, 4.69) is 21.4 Å². The van der Waals surface area contributed by atoms with Crippen molar-refractivity contribution in [3.05, 3.63) is 18.2 Å². The van der Waals surface area contributed by atoms with E-state index in [-0.39, 0.29) is 0 Å². The Morgan fingerprint density at radius 1 is 1.60 bits per heavy atom. The zero-order chi connectivity index (χ0) is 10.8. The maximum Gasteiger partial charge on any atom is 0.122 e. The lowest BCUT2D eigenvalue weighted by atomic mass is 10.1. The van der Waals surface area contributed by atoms with Crippen molar-refractivity contribution in [2.75, 3.05) is 13.1 Å². The molecule has 0 bridgehead atoms. The highest BCUT2D eigenvalue weighted by atomic mass is 15.2. The molecular formula is C11H20N4. The third-order valence-electron chi connectivity index (χ3n) is 3.39. The summed E-state index contributed by atoms with van der Waals surface area (Å²) in [5.41, 5.74) is 5.71. The Kier molecular flexibility index (Phi) is 3.07. The number of hydrogen-bond donors (Lipinski definition) is 1. The molecule has 1 aromatic heterocycles. The second kappa shape index (κ2) is 4.33. The third kappa shape index (κ3) is 2.21. The van der Waals surface area contributed by atoms with Gasteiger partial charge in [0.15, 0.2) is 0 Å². The van der Waals surface area contributed by atoms with Crippen LogP contribution in [-0.4, -0.2) is 33.6 Å². The van der Waals surface area contributed by atoms with E-state index in [0.717, 1.165) is 25.5 Å². The number of aromatic nitrogens is 2. The van der Waals surface area contributed by atoms with Crippen LogP contribution in [0.25, 0.3) is 0 Å². The van der Waals surface area contributed by atoms with Gasteiger partial charge in [0.1, 0.15) is 5.82 Å². The summed E-state index contributed by atoms with van der Waals surface area (Å²) < 4.78 is 2.09. The first-order valence-corrected chi connectivity index (χ1v) is 5.61. The molecule has 2 unspecified atom stereocenters. The first-order valence-electron chi connectivity index (χ1n) is 5.61. The molecule has 1 fully saturated rings. The van der Waals surface area contributed by atoms with Crippen LogP contribution in [0.15, 0.2) is 12.4 Å². The predicted octanol–water partition coefficient (Wildman–Crippen LogP) is 0.589. The van der Waals surface area contributed by atoms with Gasteiger partial charge in [0.25, 0.3) is 0 Å². The number of aryl methyl sites for hydroxylation is 1. The standard InChI is InChI=1S/C11H20N4/c1-9-5-10(6-12)7-15(9)8-11-13-3-4-14(11)2/h3-4,9-10H,5-8,12H2,1-2H3. The SMILES string of the molecule is CC1CC(CN)CN1Cc1nccn1C. The fraction of sp³-hybridized carbons (Fsp3) is 0.727. The van der Waals surface area contributed by atoms with Gasteiger partial charge in [-0.1, -0.05) is 0 Å². The summed E-state index contributed by atoms with van der Waals surface area (Å²) in [6, 6.07) is 0.634. The topological polar surface area (TPSA) is 47.1 Å². The summed E-state index contributed by atoms with van der Waals surface area (Å²) in [4.78, 5) is 6.83. The highest BCUT2D eigenvalue weighted by Crippen LogP contribution is 2.23. The zero-order valence-corrected chi connectivity index (χ0v) is 9.56. The lowest BCUT2D eigenvalue weighted by Crippen LogP contribution is -2.28. The van der Waals surface area contributed by atoms with E-state index >= 15 is 0 Å². The number of nitrogens with zero attached hydrogens (tertiary/aromatic N) is 3. The lowest BCUT2D eigenvalue weighted by molar-refractivity contribution is 0.247. The first-order chi connectivity index (χ1) is 7.20. The third-order valence-corrected chi connectivity index (χ3v) is 3.39. The molecule has 0 spiro atoms. The Morgan fingerprint density at radius 3 is 2.93 bits per heavy atom. The van der Waals surface area contributed by atoms with Gasteiger partial charge in [0, 0.05) is 32.0 Å². The Morgan fingerprint density at radius 2 is 2.40 bits per heavy atom. The zero-order valence-electron chi connectivity index (χ0n) is 9.56. The lowest BCUT2D eigenvalue weighted by Gasteiger charge is -2.20. The molecule has 84 valence electrons. The van der Waals surface area contributed by atoms with Crippen LogP contribution >= 0.6 is 0 Å². The fourth-order valence-corrected chi connectivity index (χ4v) is 2.34. The fourth-order valence-electron chi connectivity index (χ4n) is 2.34. The summed E-state index contributed by atoms with van der Waals surface area (Å²) in [7, 11) is 2.05. The minimum atomic E-state index is 0.634. The molecule has 4 nitrogen and oxygen atoms in total. The highest BCUT2D eigenvalue weighted by molar-refractivity contribution is 4.94. The van der Waals surface area contributed by atoms with Crippen LogP contribution < -0.4 is 5.73 Å². The number of rotatable bonds is 3. The minimum absolute atomic E-state index is 0.634. The Balaban J connectivity index is 1.98. The Hall–Kier alpha value is -0.870. The smallest absolute Gasteiger partial charge is 0.122 e. The summed E-state index contributed by atoms with van der Waals surface area (Å²) in [5.74, 6) is 1.81. The Labute approximate surface area is 91.1 Å². The van der Waals surface area contributed by atoms with Crippen LogP contribution in [0.5, 0.6) is 0 Å². The molecule has 1 aliphatic heterocycles. The van der Waals surface area contributed by atoms with Crippen molar-refractivity contribution in [2.24, 2.45) is 18.7 Å². The van der Waals surface area contributed by atoms with Crippen molar-refractivity contribution in [2.45, 2.75) is 25.9 Å². The van der Waals surface area contributed by atoms with E-state index in [1.807, 2.05) is 19.4 Å². The maximum atomic E-state index is 5.71. The quantitative estimate of drug-likeness (QED) is 0.791. The van der Waals surface area contributed by atoms with Gasteiger partial charge in [0.2, 0.25) is 0 Å². The molecule has 1 aliphatic rings. The van der Waals surface area contributed by atoms with Crippen LogP contribution in [-0.2, 0) is 13.6 Å². The molecule has 1 aromatic rings. The van der Waals surface area contributed by atoms with Gasteiger partial charge in [-0.25, -0.2) is 4.98 Å². The predicted molar refractivity (Wildman–Crippen MR) is 60.2 cm³/mol. The highest BCUT2D eigenvalue weighted by Gasteiger charge is 2.28. The monoisotopic (exact) mass is 208 g/mol. The summed E-state index contributed by atoms with van der Waals surface area (Å²) in [5, 5.41) is 0. The molecule has 1 saturated heterocycles. The van der Waals surface area contributed by atoms with E-state index in [4.69, 9.17) is 5.73 Å². The van der Waals surface area contributed by atoms with Crippen LogP contribution in [0, 0.1) is 5.92 Å². The van der Waals surface area contributed by atoms with E-state index in [1.54, 1.807) is 0 Å². The molecule has 0 saturated carbocycles.